The van der Waals surface area contributed by atoms with Crippen LogP contribution in [0, 0.1) is 25.5 Å². The minimum absolute atomic E-state index is 0.256. The summed E-state index contributed by atoms with van der Waals surface area (Å²) in [5.41, 5.74) is 1.30. The Morgan fingerprint density at radius 1 is 0.957 bits per heavy atom. The molecule has 0 radical (unpaired) electrons. The van der Waals surface area contributed by atoms with Crippen LogP contribution in [0.15, 0.2) is 30.3 Å². The molecule has 0 saturated carbocycles. The maximum atomic E-state index is 14.3. The summed E-state index contributed by atoms with van der Waals surface area (Å²) in [4.78, 5) is 23.7. The molecule has 120 valence electrons. The van der Waals surface area contributed by atoms with Crippen molar-refractivity contribution in [1.29, 1.82) is 0 Å². The van der Waals surface area contributed by atoms with Gasteiger partial charge in [-0.2, -0.15) is 0 Å². The minimum Gasteiger partial charge on any atom is -0.355 e. The SMILES string of the molecule is CNC(=O)c1c(F)ccc(NC(=O)c2ccc(C)c(C)c2)c1F. The van der Waals surface area contributed by atoms with Gasteiger partial charge >= 0.3 is 0 Å². The van der Waals surface area contributed by atoms with Crippen LogP contribution in [0.25, 0.3) is 0 Å². The van der Waals surface area contributed by atoms with E-state index in [1.54, 1.807) is 18.2 Å². The van der Waals surface area contributed by atoms with E-state index in [1.807, 2.05) is 13.8 Å². The van der Waals surface area contributed by atoms with Crippen LogP contribution in [0.1, 0.15) is 31.8 Å². The smallest absolute Gasteiger partial charge is 0.257 e. The van der Waals surface area contributed by atoms with E-state index in [9.17, 15) is 18.4 Å². The van der Waals surface area contributed by atoms with Crippen molar-refractivity contribution in [1.82, 2.24) is 5.32 Å². The molecule has 0 saturated heterocycles. The van der Waals surface area contributed by atoms with E-state index in [0.29, 0.717) is 5.56 Å². The molecule has 2 aromatic rings. The Morgan fingerprint density at radius 3 is 2.26 bits per heavy atom. The molecule has 0 unspecified atom stereocenters. The summed E-state index contributed by atoms with van der Waals surface area (Å²) in [5.74, 6) is -3.55. The lowest BCUT2D eigenvalue weighted by atomic mass is 10.1. The highest BCUT2D eigenvalue weighted by Crippen LogP contribution is 2.22. The van der Waals surface area contributed by atoms with Gasteiger partial charge in [-0.1, -0.05) is 6.07 Å². The van der Waals surface area contributed by atoms with Crippen molar-refractivity contribution in [3.63, 3.8) is 0 Å². The number of aryl methyl sites for hydroxylation is 2. The summed E-state index contributed by atoms with van der Waals surface area (Å²) in [5, 5.41) is 4.52. The molecule has 23 heavy (non-hydrogen) atoms. The standard InChI is InChI=1S/C17H16F2N2O2/c1-9-4-5-11(8-10(9)2)16(22)21-13-7-6-12(18)14(15(13)19)17(23)20-3/h4-8H,1-3H3,(H,20,23)(H,21,22). The van der Waals surface area contributed by atoms with E-state index in [-0.39, 0.29) is 5.69 Å². The van der Waals surface area contributed by atoms with Gasteiger partial charge in [-0.25, -0.2) is 8.78 Å². The molecule has 0 bridgehead atoms. The number of hydrogen-bond acceptors (Lipinski definition) is 2. The minimum atomic E-state index is -1.11. The predicted molar refractivity (Wildman–Crippen MR) is 83.6 cm³/mol. The van der Waals surface area contributed by atoms with E-state index in [2.05, 4.69) is 10.6 Å². The fourth-order valence-corrected chi connectivity index (χ4v) is 2.06. The van der Waals surface area contributed by atoms with Crippen LogP contribution in [0.2, 0.25) is 0 Å². The summed E-state index contributed by atoms with van der Waals surface area (Å²) in [6.07, 6.45) is 0. The zero-order valence-electron chi connectivity index (χ0n) is 13.0. The summed E-state index contributed by atoms with van der Waals surface area (Å²) < 4.78 is 27.9. The molecular formula is C17H16F2N2O2. The highest BCUT2D eigenvalue weighted by Gasteiger charge is 2.21. The second-order valence-electron chi connectivity index (χ2n) is 5.12. The average molecular weight is 318 g/mol. The molecule has 2 rings (SSSR count). The van der Waals surface area contributed by atoms with Crippen LogP contribution >= 0.6 is 0 Å². The zero-order valence-corrected chi connectivity index (χ0v) is 13.0. The lowest BCUT2D eigenvalue weighted by molar-refractivity contribution is 0.0952. The van der Waals surface area contributed by atoms with Crippen LogP contribution in [0.4, 0.5) is 14.5 Å². The third-order valence-corrected chi connectivity index (χ3v) is 3.56. The van der Waals surface area contributed by atoms with Gasteiger partial charge in [-0.05, 0) is 49.2 Å². The topological polar surface area (TPSA) is 58.2 Å². The molecular weight excluding hydrogens is 302 g/mol. The molecule has 0 atom stereocenters. The fourth-order valence-electron chi connectivity index (χ4n) is 2.06. The number of anilines is 1. The van der Waals surface area contributed by atoms with E-state index in [1.165, 1.54) is 7.05 Å². The second kappa shape index (κ2) is 6.56. The number of carbonyl (C=O) groups is 2. The number of rotatable bonds is 3. The van der Waals surface area contributed by atoms with Crippen molar-refractivity contribution >= 4 is 17.5 Å². The van der Waals surface area contributed by atoms with Crippen LogP contribution in [-0.4, -0.2) is 18.9 Å². The molecule has 0 aliphatic rings. The molecule has 0 fully saturated rings. The first-order valence-electron chi connectivity index (χ1n) is 6.93. The Balaban J connectivity index is 2.34. The lowest BCUT2D eigenvalue weighted by Gasteiger charge is -2.11. The van der Waals surface area contributed by atoms with Gasteiger partial charge in [-0.15, -0.1) is 0 Å². The van der Waals surface area contributed by atoms with Crippen molar-refractivity contribution in [2.24, 2.45) is 0 Å². The first kappa shape index (κ1) is 16.6. The van der Waals surface area contributed by atoms with E-state index < -0.39 is 29.0 Å². The van der Waals surface area contributed by atoms with Gasteiger partial charge < -0.3 is 10.6 Å². The Kier molecular flexibility index (Phi) is 4.74. The molecule has 2 aromatic carbocycles. The van der Waals surface area contributed by atoms with Crippen molar-refractivity contribution in [3.05, 3.63) is 64.2 Å². The lowest BCUT2D eigenvalue weighted by Crippen LogP contribution is -2.22. The Hall–Kier alpha value is -2.76. The van der Waals surface area contributed by atoms with Crippen molar-refractivity contribution in [2.45, 2.75) is 13.8 Å². The third-order valence-electron chi connectivity index (χ3n) is 3.56. The van der Waals surface area contributed by atoms with Gasteiger partial charge in [0.25, 0.3) is 11.8 Å². The summed E-state index contributed by atoms with van der Waals surface area (Å²) in [6.45, 7) is 3.76. The largest absolute Gasteiger partial charge is 0.355 e. The molecule has 2 amide bonds. The summed E-state index contributed by atoms with van der Waals surface area (Å²) in [6, 6.07) is 7.07. The molecule has 0 aliphatic carbocycles. The van der Waals surface area contributed by atoms with Crippen molar-refractivity contribution in [3.8, 4) is 0 Å². The Labute approximate surface area is 132 Å². The Morgan fingerprint density at radius 2 is 1.65 bits per heavy atom. The van der Waals surface area contributed by atoms with Crippen molar-refractivity contribution < 1.29 is 18.4 Å². The van der Waals surface area contributed by atoms with E-state index in [0.717, 1.165) is 23.3 Å². The third kappa shape index (κ3) is 3.36. The normalized spacial score (nSPS) is 10.3. The molecule has 6 heteroatoms. The van der Waals surface area contributed by atoms with Crippen LogP contribution < -0.4 is 10.6 Å². The van der Waals surface area contributed by atoms with Crippen LogP contribution in [-0.2, 0) is 0 Å². The predicted octanol–water partition coefficient (Wildman–Crippen LogP) is 3.19. The van der Waals surface area contributed by atoms with Gasteiger partial charge in [0.1, 0.15) is 11.4 Å². The Bertz CT molecular complexity index is 788. The van der Waals surface area contributed by atoms with Crippen molar-refractivity contribution in [2.75, 3.05) is 12.4 Å². The quantitative estimate of drug-likeness (QED) is 0.913. The molecule has 0 aliphatic heterocycles. The van der Waals surface area contributed by atoms with Gasteiger partial charge in [-0.3, -0.25) is 9.59 Å². The number of carbonyl (C=O) groups excluding carboxylic acids is 2. The first-order valence-corrected chi connectivity index (χ1v) is 6.93. The summed E-state index contributed by atoms with van der Waals surface area (Å²) >= 11 is 0. The highest BCUT2D eigenvalue weighted by atomic mass is 19.1. The highest BCUT2D eigenvalue weighted by molar-refractivity contribution is 6.05. The molecule has 0 spiro atoms. The first-order chi connectivity index (χ1) is 10.8. The molecule has 0 heterocycles. The van der Waals surface area contributed by atoms with Crippen LogP contribution in [0.5, 0.6) is 0 Å². The maximum Gasteiger partial charge on any atom is 0.257 e. The second-order valence-corrected chi connectivity index (χ2v) is 5.12. The summed E-state index contributed by atoms with van der Waals surface area (Å²) in [7, 11) is 1.27. The number of amides is 2. The molecule has 2 N–H and O–H groups in total. The monoisotopic (exact) mass is 318 g/mol. The van der Waals surface area contributed by atoms with Gasteiger partial charge in [0.2, 0.25) is 0 Å². The maximum absolute atomic E-state index is 14.3. The van der Waals surface area contributed by atoms with Gasteiger partial charge in [0.05, 0.1) is 5.69 Å². The van der Waals surface area contributed by atoms with E-state index in [4.69, 9.17) is 0 Å². The number of benzene rings is 2. The fraction of sp³-hybridized carbons (Fsp3) is 0.176. The van der Waals surface area contributed by atoms with E-state index >= 15 is 0 Å². The van der Waals surface area contributed by atoms with Gasteiger partial charge in [0.15, 0.2) is 5.82 Å². The zero-order chi connectivity index (χ0) is 17.1. The van der Waals surface area contributed by atoms with Gasteiger partial charge in [0, 0.05) is 12.6 Å². The van der Waals surface area contributed by atoms with Crippen LogP contribution in [0.3, 0.4) is 0 Å². The number of nitrogens with one attached hydrogen (secondary N) is 2. The molecule has 4 nitrogen and oxygen atoms in total. The average Bonchev–Trinajstić information content (AvgIpc) is 2.52. The number of hydrogen-bond donors (Lipinski definition) is 2. The molecule has 0 aromatic heterocycles. The number of halogens is 2.